The minimum atomic E-state index is -3.36. The second-order valence-electron chi connectivity index (χ2n) is 6.60. The van der Waals surface area contributed by atoms with Gasteiger partial charge in [0.15, 0.2) is 0 Å². The number of hydrogen-bond donors (Lipinski definition) is 2. The highest BCUT2D eigenvalue weighted by atomic mass is 35.5. The van der Waals surface area contributed by atoms with Crippen molar-refractivity contribution in [3.63, 3.8) is 0 Å². The van der Waals surface area contributed by atoms with Gasteiger partial charge in [0.25, 0.3) is 5.91 Å². The number of amides is 1. The number of anilines is 2. The third kappa shape index (κ3) is 5.37. The van der Waals surface area contributed by atoms with Crippen molar-refractivity contribution in [2.24, 2.45) is 0 Å². The van der Waals surface area contributed by atoms with Gasteiger partial charge in [-0.1, -0.05) is 17.7 Å². The molecule has 3 rings (SSSR count). The normalized spacial score (nSPS) is 14.2. The van der Waals surface area contributed by atoms with Crippen LogP contribution in [0.5, 0.6) is 0 Å². The van der Waals surface area contributed by atoms with Crippen LogP contribution in [0.4, 0.5) is 11.4 Å². The fourth-order valence-corrected chi connectivity index (χ4v) is 3.85. The van der Waals surface area contributed by atoms with Crippen LogP contribution in [0.3, 0.4) is 0 Å². The maximum atomic E-state index is 12.4. The number of carbonyl (C=O) groups excluding carboxylic acids is 1. The van der Waals surface area contributed by atoms with E-state index in [4.69, 9.17) is 11.6 Å². The Morgan fingerprint density at radius 2 is 1.78 bits per heavy atom. The van der Waals surface area contributed by atoms with E-state index >= 15 is 0 Å². The summed E-state index contributed by atoms with van der Waals surface area (Å²) in [5, 5.41) is 3.22. The van der Waals surface area contributed by atoms with E-state index in [9.17, 15) is 13.2 Å². The number of halogens is 1. The van der Waals surface area contributed by atoms with Crippen LogP contribution >= 0.6 is 11.6 Å². The molecule has 27 heavy (non-hydrogen) atoms. The molecule has 0 unspecified atom stereocenters. The van der Waals surface area contributed by atoms with Gasteiger partial charge in [-0.05, 0) is 54.8 Å². The Labute approximate surface area is 164 Å². The molecule has 0 aliphatic carbocycles. The van der Waals surface area contributed by atoms with Gasteiger partial charge in [0.05, 0.1) is 6.26 Å². The average molecular weight is 408 g/mol. The quantitative estimate of drug-likeness (QED) is 0.770. The SMILES string of the molecule is CS(=O)(=O)Nc1ccc(CNC(=O)c2ccc(N3CCCC3)cc2)c(Cl)c1. The lowest BCUT2D eigenvalue weighted by Crippen LogP contribution is -2.23. The van der Waals surface area contributed by atoms with Crippen molar-refractivity contribution < 1.29 is 13.2 Å². The molecule has 0 spiro atoms. The number of benzene rings is 2. The first-order chi connectivity index (χ1) is 12.8. The van der Waals surface area contributed by atoms with Crippen LogP contribution < -0.4 is 14.9 Å². The first-order valence-electron chi connectivity index (χ1n) is 8.71. The van der Waals surface area contributed by atoms with Crippen molar-refractivity contribution >= 4 is 38.9 Å². The van der Waals surface area contributed by atoms with E-state index in [1.54, 1.807) is 12.1 Å². The summed E-state index contributed by atoms with van der Waals surface area (Å²) in [5.74, 6) is -0.183. The van der Waals surface area contributed by atoms with E-state index in [1.807, 2.05) is 24.3 Å². The molecular weight excluding hydrogens is 386 g/mol. The molecule has 1 fully saturated rings. The fraction of sp³-hybridized carbons (Fsp3) is 0.316. The molecule has 2 aromatic rings. The number of sulfonamides is 1. The van der Waals surface area contributed by atoms with Crippen molar-refractivity contribution in [1.29, 1.82) is 0 Å². The molecular formula is C19H22ClN3O3S. The Morgan fingerprint density at radius 1 is 1.11 bits per heavy atom. The molecule has 0 bridgehead atoms. The second kappa shape index (κ2) is 8.19. The van der Waals surface area contributed by atoms with Crippen molar-refractivity contribution in [3.05, 3.63) is 58.6 Å². The van der Waals surface area contributed by atoms with E-state index < -0.39 is 10.0 Å². The maximum Gasteiger partial charge on any atom is 0.251 e. The van der Waals surface area contributed by atoms with Crippen molar-refractivity contribution in [3.8, 4) is 0 Å². The van der Waals surface area contributed by atoms with E-state index in [0.717, 1.165) is 25.0 Å². The van der Waals surface area contributed by atoms with Crippen LogP contribution in [-0.2, 0) is 16.6 Å². The molecule has 1 heterocycles. The summed E-state index contributed by atoms with van der Waals surface area (Å²) in [6.07, 6.45) is 3.49. The number of hydrogen-bond acceptors (Lipinski definition) is 4. The van der Waals surface area contributed by atoms with Crippen molar-refractivity contribution in [2.45, 2.75) is 19.4 Å². The van der Waals surface area contributed by atoms with Crippen LogP contribution in [0.1, 0.15) is 28.8 Å². The largest absolute Gasteiger partial charge is 0.372 e. The number of carbonyl (C=O) groups is 1. The van der Waals surface area contributed by atoms with E-state index in [0.29, 0.717) is 21.8 Å². The second-order valence-corrected chi connectivity index (χ2v) is 8.76. The summed E-state index contributed by atoms with van der Waals surface area (Å²) in [7, 11) is -3.36. The van der Waals surface area contributed by atoms with Gasteiger partial charge >= 0.3 is 0 Å². The van der Waals surface area contributed by atoms with Gasteiger partial charge in [-0.3, -0.25) is 9.52 Å². The molecule has 1 aliphatic heterocycles. The predicted octanol–water partition coefficient (Wildman–Crippen LogP) is 3.24. The molecule has 0 atom stereocenters. The van der Waals surface area contributed by atoms with Gasteiger partial charge in [0, 0.05) is 41.6 Å². The highest BCUT2D eigenvalue weighted by Gasteiger charge is 2.13. The minimum absolute atomic E-state index is 0.183. The molecule has 1 saturated heterocycles. The Hall–Kier alpha value is -2.25. The summed E-state index contributed by atoms with van der Waals surface area (Å²) in [6.45, 7) is 2.38. The lowest BCUT2D eigenvalue weighted by Gasteiger charge is -2.17. The molecule has 2 N–H and O–H groups in total. The molecule has 1 amide bonds. The summed E-state index contributed by atoms with van der Waals surface area (Å²) in [5.41, 5.74) is 2.82. The number of nitrogens with zero attached hydrogens (tertiary/aromatic N) is 1. The first-order valence-corrected chi connectivity index (χ1v) is 11.0. The molecule has 1 aliphatic rings. The molecule has 8 heteroatoms. The smallest absolute Gasteiger partial charge is 0.251 e. The summed E-state index contributed by atoms with van der Waals surface area (Å²) >= 11 is 6.19. The molecule has 2 aromatic carbocycles. The zero-order valence-electron chi connectivity index (χ0n) is 15.0. The summed E-state index contributed by atoms with van der Waals surface area (Å²) in [4.78, 5) is 14.7. The van der Waals surface area contributed by atoms with E-state index in [2.05, 4.69) is 14.9 Å². The van der Waals surface area contributed by atoms with Crippen molar-refractivity contribution in [1.82, 2.24) is 5.32 Å². The Kier molecular flexibility index (Phi) is 5.92. The van der Waals surface area contributed by atoms with Crippen LogP contribution in [0.25, 0.3) is 0 Å². The standard InChI is InChI=1S/C19H22ClN3O3S/c1-27(25,26)22-16-7-4-15(18(20)12-16)13-21-19(24)14-5-8-17(9-6-14)23-10-2-3-11-23/h4-9,12,22H,2-3,10-11,13H2,1H3,(H,21,24). The van der Waals surface area contributed by atoms with Gasteiger partial charge in [-0.15, -0.1) is 0 Å². The van der Waals surface area contributed by atoms with Crippen LogP contribution in [0.15, 0.2) is 42.5 Å². The van der Waals surface area contributed by atoms with Gasteiger partial charge in [0.1, 0.15) is 0 Å². The van der Waals surface area contributed by atoms with Crippen molar-refractivity contribution in [2.75, 3.05) is 29.0 Å². The van der Waals surface area contributed by atoms with Gasteiger partial charge in [0.2, 0.25) is 10.0 Å². The third-order valence-corrected chi connectivity index (χ3v) is 5.35. The van der Waals surface area contributed by atoms with E-state index in [-0.39, 0.29) is 12.5 Å². The number of nitrogens with one attached hydrogen (secondary N) is 2. The Morgan fingerprint density at radius 3 is 2.37 bits per heavy atom. The van der Waals surface area contributed by atoms with Gasteiger partial charge in [-0.2, -0.15) is 0 Å². The highest BCUT2D eigenvalue weighted by molar-refractivity contribution is 7.92. The van der Waals surface area contributed by atoms with Crippen LogP contribution in [-0.4, -0.2) is 33.7 Å². The monoisotopic (exact) mass is 407 g/mol. The number of rotatable bonds is 6. The third-order valence-electron chi connectivity index (χ3n) is 4.40. The van der Waals surface area contributed by atoms with E-state index in [1.165, 1.54) is 18.9 Å². The maximum absolute atomic E-state index is 12.4. The fourth-order valence-electron chi connectivity index (χ4n) is 3.04. The minimum Gasteiger partial charge on any atom is -0.372 e. The van der Waals surface area contributed by atoms with Gasteiger partial charge in [-0.25, -0.2) is 8.42 Å². The lowest BCUT2D eigenvalue weighted by molar-refractivity contribution is 0.0951. The van der Waals surface area contributed by atoms with Crippen LogP contribution in [0.2, 0.25) is 5.02 Å². The molecule has 0 aromatic heterocycles. The summed E-state index contributed by atoms with van der Waals surface area (Å²) < 4.78 is 24.9. The Bertz CT molecular complexity index is 924. The first kappa shape index (κ1) is 19.5. The summed E-state index contributed by atoms with van der Waals surface area (Å²) in [6, 6.07) is 12.4. The zero-order chi connectivity index (χ0) is 19.4. The molecule has 0 saturated carbocycles. The molecule has 0 radical (unpaired) electrons. The molecule has 144 valence electrons. The lowest BCUT2D eigenvalue weighted by atomic mass is 10.1. The van der Waals surface area contributed by atoms with Crippen LogP contribution in [0, 0.1) is 0 Å². The topological polar surface area (TPSA) is 78.5 Å². The Balaban J connectivity index is 1.60. The highest BCUT2D eigenvalue weighted by Crippen LogP contribution is 2.22. The van der Waals surface area contributed by atoms with Gasteiger partial charge < -0.3 is 10.2 Å². The zero-order valence-corrected chi connectivity index (χ0v) is 16.6. The molecule has 6 nitrogen and oxygen atoms in total. The average Bonchev–Trinajstić information content (AvgIpc) is 3.14. The predicted molar refractivity (Wildman–Crippen MR) is 109 cm³/mol.